The number of nitrogens with zero attached hydrogens (tertiary/aromatic N) is 4. The molecule has 2 aromatic rings. The summed E-state index contributed by atoms with van der Waals surface area (Å²) in [5.74, 6) is 0.118. The molecule has 0 unspecified atom stereocenters. The molecule has 7 heteroatoms. The van der Waals surface area contributed by atoms with Gasteiger partial charge in [0.1, 0.15) is 0 Å². The van der Waals surface area contributed by atoms with Crippen molar-refractivity contribution in [2.24, 2.45) is 5.10 Å². The summed E-state index contributed by atoms with van der Waals surface area (Å²) in [6.45, 7) is 8.51. The van der Waals surface area contributed by atoms with Crippen molar-refractivity contribution in [1.82, 2.24) is 4.98 Å². The highest BCUT2D eigenvalue weighted by atomic mass is 16.6. The molecule has 7 nitrogen and oxygen atoms in total. The number of nitro groups is 1. The summed E-state index contributed by atoms with van der Waals surface area (Å²) in [4.78, 5) is 16.8. The second-order valence-electron chi connectivity index (χ2n) is 7.26. The van der Waals surface area contributed by atoms with Crippen molar-refractivity contribution in [3.05, 3.63) is 63.3 Å². The Morgan fingerprint density at radius 1 is 1.33 bits per heavy atom. The van der Waals surface area contributed by atoms with E-state index in [2.05, 4.69) is 66.4 Å². The minimum absolute atomic E-state index is 0.0431. The molecular formula is C20H23N5O2. The van der Waals surface area contributed by atoms with Gasteiger partial charge >= 0.3 is 5.69 Å². The van der Waals surface area contributed by atoms with E-state index in [-0.39, 0.29) is 17.0 Å². The number of nitrogens with one attached hydrogen (secondary N) is 1. The first-order valence-corrected chi connectivity index (χ1v) is 8.67. The van der Waals surface area contributed by atoms with Crippen LogP contribution in [0.25, 0.3) is 5.57 Å². The number of likely N-dealkylation sites (N-methyl/N-ethyl adjacent to an activating group) is 1. The highest BCUT2D eigenvalue weighted by Gasteiger charge is 2.28. The summed E-state index contributed by atoms with van der Waals surface area (Å²) in [7, 11) is 2.09. The first-order chi connectivity index (χ1) is 12.7. The number of fused-ring (bicyclic) bond motifs is 1. The van der Waals surface area contributed by atoms with Gasteiger partial charge in [-0.2, -0.15) is 5.10 Å². The van der Waals surface area contributed by atoms with Crippen LogP contribution in [-0.4, -0.2) is 28.7 Å². The highest BCUT2D eigenvalue weighted by Crippen LogP contribution is 2.38. The van der Waals surface area contributed by atoms with Crippen molar-refractivity contribution in [3.63, 3.8) is 0 Å². The van der Waals surface area contributed by atoms with Gasteiger partial charge in [-0.3, -0.25) is 15.5 Å². The van der Waals surface area contributed by atoms with Crippen LogP contribution in [0, 0.1) is 17.0 Å². The summed E-state index contributed by atoms with van der Waals surface area (Å²) in [5, 5.41) is 15.2. The third-order valence-corrected chi connectivity index (χ3v) is 4.96. The molecule has 0 fully saturated rings. The molecular weight excluding hydrogens is 342 g/mol. The van der Waals surface area contributed by atoms with E-state index in [9.17, 15) is 10.1 Å². The summed E-state index contributed by atoms with van der Waals surface area (Å²) in [5.41, 5.74) is 8.10. The van der Waals surface area contributed by atoms with Crippen molar-refractivity contribution in [2.45, 2.75) is 33.2 Å². The average molecular weight is 365 g/mol. The van der Waals surface area contributed by atoms with Crippen molar-refractivity contribution < 1.29 is 4.92 Å². The van der Waals surface area contributed by atoms with E-state index in [0.717, 1.165) is 16.7 Å². The number of hydrogen-bond acceptors (Lipinski definition) is 6. The predicted octanol–water partition coefficient (Wildman–Crippen LogP) is 4.38. The summed E-state index contributed by atoms with van der Waals surface area (Å²) in [6.07, 6.45) is 5.41. The fourth-order valence-electron chi connectivity index (χ4n) is 3.25. The number of allylic oxidation sites excluding steroid dienone is 1. The number of hydrazone groups is 1. The molecule has 0 spiro atoms. The van der Waals surface area contributed by atoms with Crippen LogP contribution in [0.2, 0.25) is 0 Å². The van der Waals surface area contributed by atoms with Gasteiger partial charge in [0.2, 0.25) is 5.82 Å². The second kappa shape index (κ2) is 6.83. The fourth-order valence-corrected chi connectivity index (χ4v) is 3.25. The monoisotopic (exact) mass is 365 g/mol. The molecule has 0 amide bonds. The molecule has 1 aliphatic heterocycles. The lowest BCUT2D eigenvalue weighted by Crippen LogP contribution is -2.42. The molecule has 0 aliphatic carbocycles. The van der Waals surface area contributed by atoms with E-state index in [1.807, 2.05) is 6.92 Å². The Balaban J connectivity index is 1.91. The largest absolute Gasteiger partial charge is 0.365 e. The van der Waals surface area contributed by atoms with Crippen LogP contribution >= 0.6 is 0 Å². The van der Waals surface area contributed by atoms with Crippen molar-refractivity contribution in [2.75, 3.05) is 17.4 Å². The SMILES string of the molecule is CC1=CC(C)(C)N(C)c2cc(C)c(/C=N\Nc3ncccc3[N+](=O)[O-])cc21. The average Bonchev–Trinajstić information content (AvgIpc) is 2.60. The molecule has 3 rings (SSSR count). The zero-order chi connectivity index (χ0) is 19.8. The molecule has 27 heavy (non-hydrogen) atoms. The third kappa shape index (κ3) is 3.53. The van der Waals surface area contributed by atoms with Gasteiger partial charge in [0.15, 0.2) is 0 Å². The lowest BCUT2D eigenvalue weighted by Gasteiger charge is -2.41. The molecule has 0 radical (unpaired) electrons. The van der Waals surface area contributed by atoms with Crippen molar-refractivity contribution in [1.29, 1.82) is 0 Å². The van der Waals surface area contributed by atoms with Crippen LogP contribution in [0.4, 0.5) is 17.2 Å². The molecule has 1 N–H and O–H groups in total. The summed E-state index contributed by atoms with van der Waals surface area (Å²) < 4.78 is 0. The van der Waals surface area contributed by atoms with Crippen LogP contribution in [0.1, 0.15) is 37.5 Å². The minimum Gasteiger partial charge on any atom is -0.365 e. The summed E-state index contributed by atoms with van der Waals surface area (Å²) in [6, 6.07) is 7.16. The number of benzene rings is 1. The molecule has 1 aliphatic rings. The van der Waals surface area contributed by atoms with E-state index in [0.29, 0.717) is 0 Å². The van der Waals surface area contributed by atoms with Gasteiger partial charge in [0.25, 0.3) is 0 Å². The van der Waals surface area contributed by atoms with E-state index in [1.165, 1.54) is 29.6 Å². The van der Waals surface area contributed by atoms with Gasteiger partial charge in [-0.1, -0.05) is 6.08 Å². The zero-order valence-electron chi connectivity index (χ0n) is 16.1. The zero-order valence-corrected chi connectivity index (χ0v) is 16.1. The van der Waals surface area contributed by atoms with Crippen molar-refractivity contribution in [3.8, 4) is 0 Å². The highest BCUT2D eigenvalue weighted by molar-refractivity contribution is 5.89. The predicted molar refractivity (Wildman–Crippen MR) is 109 cm³/mol. The Bertz CT molecular complexity index is 963. The second-order valence-corrected chi connectivity index (χ2v) is 7.26. The molecule has 0 saturated carbocycles. The van der Waals surface area contributed by atoms with Crippen LogP contribution in [-0.2, 0) is 0 Å². The molecule has 140 valence electrons. The molecule has 1 aromatic carbocycles. The lowest BCUT2D eigenvalue weighted by molar-refractivity contribution is -0.384. The Kier molecular flexibility index (Phi) is 4.70. The van der Waals surface area contributed by atoms with E-state index < -0.39 is 4.92 Å². The van der Waals surface area contributed by atoms with Gasteiger partial charge in [-0.25, -0.2) is 4.98 Å². The van der Waals surface area contributed by atoms with Crippen LogP contribution in [0.3, 0.4) is 0 Å². The molecule has 2 heterocycles. The smallest absolute Gasteiger partial charge is 0.313 e. The maximum Gasteiger partial charge on any atom is 0.313 e. The van der Waals surface area contributed by atoms with Crippen LogP contribution in [0.5, 0.6) is 0 Å². The normalized spacial score (nSPS) is 15.4. The molecule has 0 bridgehead atoms. The van der Waals surface area contributed by atoms with Gasteiger partial charge < -0.3 is 4.90 Å². The Morgan fingerprint density at radius 2 is 2.07 bits per heavy atom. The molecule has 0 atom stereocenters. The Labute approximate surface area is 158 Å². The quantitative estimate of drug-likeness (QED) is 0.494. The maximum absolute atomic E-state index is 11.1. The van der Waals surface area contributed by atoms with Crippen LogP contribution in [0.15, 0.2) is 41.6 Å². The number of aryl methyl sites for hydroxylation is 1. The summed E-state index contributed by atoms with van der Waals surface area (Å²) >= 11 is 0. The molecule has 1 aromatic heterocycles. The van der Waals surface area contributed by atoms with E-state index >= 15 is 0 Å². The van der Waals surface area contributed by atoms with Crippen molar-refractivity contribution >= 4 is 29.0 Å². The first-order valence-electron chi connectivity index (χ1n) is 8.67. The van der Waals surface area contributed by atoms with Gasteiger partial charge in [0.05, 0.1) is 16.7 Å². The maximum atomic E-state index is 11.1. The number of aromatic nitrogens is 1. The standard InChI is InChI=1S/C20H23N5O2/c1-13-9-18-16(14(2)11-20(3,4)24(18)5)10-15(13)12-22-23-19-17(25(26)27)7-6-8-21-19/h6-12H,1-5H3,(H,21,23)/b22-12-. The Morgan fingerprint density at radius 3 is 2.78 bits per heavy atom. The third-order valence-electron chi connectivity index (χ3n) is 4.96. The first kappa shape index (κ1) is 18.6. The number of hydrogen-bond donors (Lipinski definition) is 1. The number of anilines is 2. The minimum atomic E-state index is -0.485. The topological polar surface area (TPSA) is 83.7 Å². The fraction of sp³-hybridized carbons (Fsp3) is 0.300. The van der Waals surface area contributed by atoms with Crippen LogP contribution < -0.4 is 10.3 Å². The Hall–Kier alpha value is -3.22. The number of pyridine rings is 1. The van der Waals surface area contributed by atoms with E-state index in [1.54, 1.807) is 6.21 Å². The van der Waals surface area contributed by atoms with Gasteiger partial charge in [-0.05, 0) is 62.6 Å². The van der Waals surface area contributed by atoms with Gasteiger partial charge in [-0.15, -0.1) is 0 Å². The lowest BCUT2D eigenvalue weighted by atomic mass is 9.87. The van der Waals surface area contributed by atoms with Gasteiger partial charge in [0, 0.05) is 30.6 Å². The number of rotatable bonds is 4. The molecule has 0 saturated heterocycles. The van der Waals surface area contributed by atoms with E-state index in [4.69, 9.17) is 0 Å².